The maximum atomic E-state index is 11.4. The number of hydrogen-bond acceptors (Lipinski definition) is 7. The van der Waals surface area contributed by atoms with E-state index in [1.165, 1.54) is 24.3 Å². The molecular weight excluding hydrogens is 328 g/mol. The van der Waals surface area contributed by atoms with Crippen LogP contribution in [0.4, 0.5) is 5.69 Å². The molecule has 0 bridgehead atoms. The molecule has 1 aromatic carbocycles. The van der Waals surface area contributed by atoms with E-state index in [0.717, 1.165) is 12.8 Å². The molecule has 8 heteroatoms. The van der Waals surface area contributed by atoms with Crippen molar-refractivity contribution >= 4 is 17.6 Å². The van der Waals surface area contributed by atoms with E-state index in [1.807, 2.05) is 6.92 Å². The summed E-state index contributed by atoms with van der Waals surface area (Å²) < 4.78 is 9.86. The molecule has 0 saturated carbocycles. The van der Waals surface area contributed by atoms with Gasteiger partial charge in [0.1, 0.15) is 6.61 Å². The Bertz CT molecular complexity index is 645. The van der Waals surface area contributed by atoms with Crippen LogP contribution in [0.15, 0.2) is 24.3 Å². The second-order valence-electron chi connectivity index (χ2n) is 4.98. The first-order chi connectivity index (χ1) is 12.0. The Kier molecular flexibility index (Phi) is 9.33. The molecule has 0 unspecified atom stereocenters. The van der Waals surface area contributed by atoms with Crippen molar-refractivity contribution in [2.75, 3.05) is 19.7 Å². The highest BCUT2D eigenvalue weighted by molar-refractivity contribution is 5.88. The van der Waals surface area contributed by atoms with E-state index < -0.39 is 10.9 Å². The molecule has 1 N–H and O–H groups in total. The van der Waals surface area contributed by atoms with Crippen LogP contribution in [0.3, 0.4) is 0 Å². The lowest BCUT2D eigenvalue weighted by atomic mass is 10.2. The Morgan fingerprint density at radius 2 is 1.96 bits per heavy atom. The van der Waals surface area contributed by atoms with Crippen molar-refractivity contribution in [1.29, 1.82) is 0 Å². The molecule has 0 fully saturated rings. The van der Waals surface area contributed by atoms with Gasteiger partial charge in [-0.25, -0.2) is 4.79 Å². The molecule has 0 saturated heterocycles. The number of nitro groups is 1. The number of nitrogens with one attached hydrogen (secondary N) is 1. The van der Waals surface area contributed by atoms with Gasteiger partial charge in [0.25, 0.3) is 5.69 Å². The SMILES string of the molecule is CCCCOC(=O)CNCC#CC(=O)OCc1ccc([N+](=O)[O-])cc1. The van der Waals surface area contributed by atoms with Crippen LogP contribution < -0.4 is 5.32 Å². The van der Waals surface area contributed by atoms with Gasteiger partial charge in [0.05, 0.1) is 24.6 Å². The summed E-state index contributed by atoms with van der Waals surface area (Å²) in [7, 11) is 0. The summed E-state index contributed by atoms with van der Waals surface area (Å²) in [5.41, 5.74) is 0.586. The first-order valence-corrected chi connectivity index (χ1v) is 7.78. The molecule has 1 aromatic rings. The number of nitro benzene ring substituents is 1. The number of unbranched alkanes of at least 4 members (excludes halogenated alkanes) is 1. The van der Waals surface area contributed by atoms with Gasteiger partial charge in [0, 0.05) is 18.1 Å². The van der Waals surface area contributed by atoms with Crippen molar-refractivity contribution in [3.63, 3.8) is 0 Å². The highest BCUT2D eigenvalue weighted by atomic mass is 16.6. The van der Waals surface area contributed by atoms with Crippen molar-refractivity contribution in [2.45, 2.75) is 26.4 Å². The minimum absolute atomic E-state index is 0.0240. The Labute approximate surface area is 145 Å². The van der Waals surface area contributed by atoms with Gasteiger partial charge in [0.2, 0.25) is 0 Å². The van der Waals surface area contributed by atoms with Crippen LogP contribution in [0, 0.1) is 22.0 Å². The third-order valence-corrected chi connectivity index (χ3v) is 2.95. The minimum atomic E-state index is -0.717. The molecule has 0 aliphatic rings. The Hall–Kier alpha value is -2.92. The van der Waals surface area contributed by atoms with Crippen molar-refractivity contribution in [1.82, 2.24) is 5.32 Å². The van der Waals surface area contributed by atoms with Gasteiger partial charge in [-0.3, -0.25) is 20.2 Å². The van der Waals surface area contributed by atoms with Crippen LogP contribution in [0.5, 0.6) is 0 Å². The summed E-state index contributed by atoms with van der Waals surface area (Å²) in [6.45, 7) is 2.55. The molecule has 1 rings (SSSR count). The summed E-state index contributed by atoms with van der Waals surface area (Å²) in [6, 6.07) is 5.67. The molecular formula is C17H20N2O6. The molecule has 0 radical (unpaired) electrons. The maximum Gasteiger partial charge on any atom is 0.384 e. The smallest absolute Gasteiger partial charge is 0.384 e. The fourth-order valence-electron chi connectivity index (χ4n) is 1.62. The van der Waals surface area contributed by atoms with Crippen LogP contribution in [-0.2, 0) is 25.7 Å². The number of esters is 2. The largest absolute Gasteiger partial charge is 0.465 e. The Morgan fingerprint density at radius 1 is 1.24 bits per heavy atom. The lowest BCUT2D eigenvalue weighted by Crippen LogP contribution is -2.25. The van der Waals surface area contributed by atoms with Crippen molar-refractivity contribution in [2.24, 2.45) is 0 Å². The highest BCUT2D eigenvalue weighted by Crippen LogP contribution is 2.12. The molecule has 8 nitrogen and oxygen atoms in total. The summed E-state index contributed by atoms with van der Waals surface area (Å²) in [5, 5.41) is 13.3. The van der Waals surface area contributed by atoms with E-state index >= 15 is 0 Å². The summed E-state index contributed by atoms with van der Waals surface area (Å²) in [6.07, 6.45) is 1.78. The van der Waals surface area contributed by atoms with E-state index in [9.17, 15) is 19.7 Å². The zero-order valence-corrected chi connectivity index (χ0v) is 13.9. The van der Waals surface area contributed by atoms with Gasteiger partial charge in [-0.2, -0.15) is 0 Å². The zero-order chi connectivity index (χ0) is 18.5. The third-order valence-electron chi connectivity index (χ3n) is 2.95. The molecule has 0 heterocycles. The molecule has 134 valence electrons. The number of nitrogens with zero attached hydrogens (tertiary/aromatic N) is 1. The lowest BCUT2D eigenvalue weighted by Gasteiger charge is -2.03. The standard InChI is InChI=1S/C17H20N2O6/c1-2-3-11-24-17(21)12-18-10-4-5-16(20)25-13-14-6-8-15(9-7-14)19(22)23/h6-9,18H,2-3,10-13H2,1H3. The molecule has 0 atom stereocenters. The van der Waals surface area contributed by atoms with E-state index in [-0.39, 0.29) is 31.4 Å². The average molecular weight is 348 g/mol. The number of carbonyl (C=O) groups is 2. The van der Waals surface area contributed by atoms with Gasteiger partial charge >= 0.3 is 11.9 Å². The van der Waals surface area contributed by atoms with E-state index in [2.05, 4.69) is 17.2 Å². The summed E-state index contributed by atoms with van der Waals surface area (Å²) >= 11 is 0. The number of rotatable bonds is 9. The number of carbonyl (C=O) groups excluding carboxylic acids is 2. The minimum Gasteiger partial charge on any atom is -0.465 e. The van der Waals surface area contributed by atoms with Crippen LogP contribution in [0.2, 0.25) is 0 Å². The van der Waals surface area contributed by atoms with Crippen molar-refractivity contribution < 1.29 is 24.0 Å². The fraction of sp³-hybridized carbons (Fsp3) is 0.412. The second kappa shape index (κ2) is 11.6. The summed E-state index contributed by atoms with van der Waals surface area (Å²) in [5.74, 6) is 3.73. The third kappa shape index (κ3) is 9.07. The van der Waals surface area contributed by atoms with E-state index in [1.54, 1.807) is 0 Å². The average Bonchev–Trinajstić information content (AvgIpc) is 2.60. The molecule has 0 amide bonds. The Balaban J connectivity index is 2.21. The molecule has 0 aromatic heterocycles. The predicted molar refractivity (Wildman–Crippen MR) is 89.4 cm³/mol. The normalized spacial score (nSPS) is 9.64. The number of ether oxygens (including phenoxy) is 2. The number of hydrogen-bond donors (Lipinski definition) is 1. The molecule has 25 heavy (non-hydrogen) atoms. The van der Waals surface area contributed by atoms with Gasteiger partial charge in [-0.05, 0) is 24.1 Å². The first kappa shape index (κ1) is 20.1. The van der Waals surface area contributed by atoms with Crippen LogP contribution >= 0.6 is 0 Å². The van der Waals surface area contributed by atoms with Gasteiger partial charge in [-0.15, -0.1) is 0 Å². The quantitative estimate of drug-likeness (QED) is 0.180. The van der Waals surface area contributed by atoms with E-state index in [0.29, 0.717) is 12.2 Å². The Morgan fingerprint density at radius 3 is 2.60 bits per heavy atom. The topological polar surface area (TPSA) is 108 Å². The van der Waals surface area contributed by atoms with Crippen molar-refractivity contribution in [3.05, 3.63) is 39.9 Å². The van der Waals surface area contributed by atoms with Crippen LogP contribution in [0.25, 0.3) is 0 Å². The van der Waals surface area contributed by atoms with Crippen LogP contribution in [-0.4, -0.2) is 36.6 Å². The van der Waals surface area contributed by atoms with Gasteiger partial charge < -0.3 is 9.47 Å². The predicted octanol–water partition coefficient (Wildman–Crippen LogP) is 1.57. The second-order valence-corrected chi connectivity index (χ2v) is 4.98. The first-order valence-electron chi connectivity index (χ1n) is 7.78. The zero-order valence-electron chi connectivity index (χ0n) is 13.9. The van der Waals surface area contributed by atoms with E-state index in [4.69, 9.17) is 9.47 Å². The number of non-ortho nitro benzene ring substituents is 1. The van der Waals surface area contributed by atoms with Crippen LogP contribution in [0.1, 0.15) is 25.3 Å². The fourth-order valence-corrected chi connectivity index (χ4v) is 1.62. The lowest BCUT2D eigenvalue weighted by molar-refractivity contribution is -0.384. The van der Waals surface area contributed by atoms with Gasteiger partial charge in [0.15, 0.2) is 0 Å². The molecule has 0 spiro atoms. The number of benzene rings is 1. The highest BCUT2D eigenvalue weighted by Gasteiger charge is 2.05. The van der Waals surface area contributed by atoms with Crippen molar-refractivity contribution in [3.8, 4) is 11.8 Å². The summed E-state index contributed by atoms with van der Waals surface area (Å²) in [4.78, 5) is 32.7. The monoisotopic (exact) mass is 348 g/mol. The molecule has 0 aliphatic carbocycles. The maximum absolute atomic E-state index is 11.4. The van der Waals surface area contributed by atoms with Gasteiger partial charge in [-0.1, -0.05) is 19.3 Å². The molecule has 0 aliphatic heterocycles.